The molecule has 5 heteroatoms. The fraction of sp³-hybridized carbons (Fsp3) is 0.188. The lowest BCUT2D eigenvalue weighted by atomic mass is 10.2. The molecule has 0 spiro atoms. The number of amides is 1. The largest absolute Gasteiger partial charge is 0.497 e. The number of para-hydroxylation sites is 1. The van der Waals surface area contributed by atoms with Crippen LogP contribution in [-0.2, 0) is 10.5 Å². The first-order chi connectivity index (χ1) is 10.2. The highest BCUT2D eigenvalue weighted by Crippen LogP contribution is 2.22. The van der Waals surface area contributed by atoms with Crippen molar-refractivity contribution in [2.45, 2.75) is 5.75 Å². The van der Waals surface area contributed by atoms with Gasteiger partial charge in [-0.2, -0.15) is 0 Å². The van der Waals surface area contributed by atoms with Gasteiger partial charge in [-0.3, -0.25) is 4.79 Å². The van der Waals surface area contributed by atoms with Crippen LogP contribution in [0.3, 0.4) is 0 Å². The second kappa shape index (κ2) is 8.10. The van der Waals surface area contributed by atoms with E-state index >= 15 is 0 Å². The molecule has 0 radical (unpaired) electrons. The molecule has 1 N–H and O–H groups in total. The van der Waals surface area contributed by atoms with Crippen LogP contribution in [0.4, 0.5) is 5.69 Å². The van der Waals surface area contributed by atoms with E-state index in [0.29, 0.717) is 5.75 Å². The van der Waals surface area contributed by atoms with E-state index in [0.717, 1.165) is 21.7 Å². The van der Waals surface area contributed by atoms with Gasteiger partial charge in [-0.05, 0) is 45.8 Å². The Balaban J connectivity index is 1.77. The number of halogens is 1. The Hall–Kier alpha value is -1.46. The van der Waals surface area contributed by atoms with E-state index in [9.17, 15) is 4.79 Å². The summed E-state index contributed by atoms with van der Waals surface area (Å²) in [6.45, 7) is 0. The number of anilines is 1. The number of hydrogen-bond donors (Lipinski definition) is 1. The van der Waals surface area contributed by atoms with Gasteiger partial charge >= 0.3 is 0 Å². The van der Waals surface area contributed by atoms with Crippen LogP contribution >= 0.6 is 27.7 Å². The molecule has 1 amide bonds. The highest BCUT2D eigenvalue weighted by molar-refractivity contribution is 9.10. The summed E-state index contributed by atoms with van der Waals surface area (Å²) in [6, 6.07) is 15.5. The van der Waals surface area contributed by atoms with E-state index in [4.69, 9.17) is 4.74 Å². The Bertz CT molecular complexity index is 601. The first-order valence-corrected chi connectivity index (χ1v) is 8.39. The van der Waals surface area contributed by atoms with Crippen LogP contribution in [0.2, 0.25) is 0 Å². The standard InChI is InChI=1S/C16H16BrNO2S/c1-20-13-8-6-12(7-9-13)10-21-11-16(19)18-15-5-3-2-4-14(15)17/h2-9H,10-11H2,1H3,(H,18,19). The van der Waals surface area contributed by atoms with Gasteiger partial charge in [-0.1, -0.05) is 24.3 Å². The Morgan fingerprint density at radius 1 is 1.19 bits per heavy atom. The molecule has 2 aromatic carbocycles. The number of rotatable bonds is 6. The summed E-state index contributed by atoms with van der Waals surface area (Å²) in [5, 5.41) is 2.89. The van der Waals surface area contributed by atoms with Gasteiger partial charge in [-0.15, -0.1) is 11.8 Å². The molecular weight excluding hydrogens is 350 g/mol. The van der Waals surface area contributed by atoms with E-state index in [-0.39, 0.29) is 5.91 Å². The number of ether oxygens (including phenoxy) is 1. The zero-order valence-electron chi connectivity index (χ0n) is 11.6. The average Bonchev–Trinajstić information content (AvgIpc) is 2.50. The molecule has 0 unspecified atom stereocenters. The zero-order chi connectivity index (χ0) is 15.1. The van der Waals surface area contributed by atoms with Crippen molar-refractivity contribution in [2.24, 2.45) is 0 Å². The van der Waals surface area contributed by atoms with Crippen molar-refractivity contribution in [1.82, 2.24) is 0 Å². The van der Waals surface area contributed by atoms with E-state index in [1.54, 1.807) is 18.9 Å². The number of nitrogens with one attached hydrogen (secondary N) is 1. The van der Waals surface area contributed by atoms with E-state index in [1.165, 1.54) is 5.56 Å². The molecule has 0 saturated carbocycles. The molecule has 3 nitrogen and oxygen atoms in total. The lowest BCUT2D eigenvalue weighted by molar-refractivity contribution is -0.113. The number of hydrogen-bond acceptors (Lipinski definition) is 3. The molecule has 0 aliphatic rings. The molecule has 0 aromatic heterocycles. The highest BCUT2D eigenvalue weighted by atomic mass is 79.9. The molecular formula is C16H16BrNO2S. The fourth-order valence-electron chi connectivity index (χ4n) is 1.73. The van der Waals surface area contributed by atoms with Crippen LogP contribution in [0.15, 0.2) is 53.0 Å². The van der Waals surface area contributed by atoms with Crippen molar-refractivity contribution in [1.29, 1.82) is 0 Å². The molecule has 0 heterocycles. The predicted molar refractivity (Wildman–Crippen MR) is 91.9 cm³/mol. The normalized spacial score (nSPS) is 10.2. The maximum absolute atomic E-state index is 11.9. The second-order valence-electron chi connectivity index (χ2n) is 4.37. The summed E-state index contributed by atoms with van der Waals surface area (Å²) >= 11 is 4.99. The van der Waals surface area contributed by atoms with Crippen LogP contribution in [0.1, 0.15) is 5.56 Å². The molecule has 0 aliphatic heterocycles. The third-order valence-corrected chi connectivity index (χ3v) is 4.50. The average molecular weight is 366 g/mol. The van der Waals surface area contributed by atoms with Gasteiger partial charge in [-0.25, -0.2) is 0 Å². The summed E-state index contributed by atoms with van der Waals surface area (Å²) in [7, 11) is 1.65. The SMILES string of the molecule is COc1ccc(CSCC(=O)Nc2ccccc2Br)cc1. The van der Waals surface area contributed by atoms with E-state index < -0.39 is 0 Å². The number of benzene rings is 2. The summed E-state index contributed by atoms with van der Waals surface area (Å²) in [4.78, 5) is 11.9. The van der Waals surface area contributed by atoms with Gasteiger partial charge in [0.1, 0.15) is 5.75 Å². The van der Waals surface area contributed by atoms with E-state index in [1.807, 2.05) is 48.5 Å². The predicted octanol–water partition coefficient (Wildman–Crippen LogP) is 4.33. The molecule has 0 saturated heterocycles. The van der Waals surface area contributed by atoms with Gasteiger partial charge in [0, 0.05) is 10.2 Å². The van der Waals surface area contributed by atoms with Crippen LogP contribution in [0, 0.1) is 0 Å². The van der Waals surface area contributed by atoms with Crippen molar-refractivity contribution in [3.8, 4) is 5.75 Å². The summed E-state index contributed by atoms with van der Waals surface area (Å²) < 4.78 is 6.00. The third-order valence-electron chi connectivity index (χ3n) is 2.81. The lowest BCUT2D eigenvalue weighted by Crippen LogP contribution is -2.14. The van der Waals surface area contributed by atoms with E-state index in [2.05, 4.69) is 21.2 Å². The molecule has 110 valence electrons. The van der Waals surface area contributed by atoms with Gasteiger partial charge in [0.25, 0.3) is 0 Å². The minimum atomic E-state index is 0.000381. The van der Waals surface area contributed by atoms with Crippen LogP contribution < -0.4 is 10.1 Å². The number of carbonyl (C=O) groups excluding carboxylic acids is 1. The molecule has 2 aromatic rings. The first-order valence-electron chi connectivity index (χ1n) is 6.44. The summed E-state index contributed by atoms with van der Waals surface area (Å²) in [5.74, 6) is 2.07. The van der Waals surface area contributed by atoms with Crippen molar-refractivity contribution < 1.29 is 9.53 Å². The fourth-order valence-corrected chi connectivity index (χ4v) is 2.90. The summed E-state index contributed by atoms with van der Waals surface area (Å²) in [6.07, 6.45) is 0. The van der Waals surface area contributed by atoms with Crippen molar-refractivity contribution >= 4 is 39.3 Å². The lowest BCUT2D eigenvalue weighted by Gasteiger charge is -2.07. The number of carbonyl (C=O) groups is 1. The summed E-state index contributed by atoms with van der Waals surface area (Å²) in [5.41, 5.74) is 1.97. The zero-order valence-corrected chi connectivity index (χ0v) is 14.0. The van der Waals surface area contributed by atoms with Gasteiger partial charge in [0.2, 0.25) is 5.91 Å². The maximum Gasteiger partial charge on any atom is 0.234 e. The van der Waals surface area contributed by atoms with Crippen LogP contribution in [0.5, 0.6) is 5.75 Å². The Kier molecular flexibility index (Phi) is 6.14. The topological polar surface area (TPSA) is 38.3 Å². The van der Waals surface area contributed by atoms with Gasteiger partial charge < -0.3 is 10.1 Å². The third kappa shape index (κ3) is 5.10. The quantitative estimate of drug-likeness (QED) is 0.827. The van der Waals surface area contributed by atoms with Gasteiger partial charge in [0.15, 0.2) is 0 Å². The van der Waals surface area contributed by atoms with Crippen molar-refractivity contribution in [3.63, 3.8) is 0 Å². The Labute approximate surface area is 137 Å². The molecule has 0 fully saturated rings. The first kappa shape index (κ1) is 15.9. The van der Waals surface area contributed by atoms with Gasteiger partial charge in [0.05, 0.1) is 18.6 Å². The molecule has 0 aliphatic carbocycles. The smallest absolute Gasteiger partial charge is 0.234 e. The second-order valence-corrected chi connectivity index (χ2v) is 6.21. The monoisotopic (exact) mass is 365 g/mol. The van der Waals surface area contributed by atoms with Crippen LogP contribution in [-0.4, -0.2) is 18.8 Å². The van der Waals surface area contributed by atoms with Crippen molar-refractivity contribution in [2.75, 3.05) is 18.2 Å². The van der Waals surface area contributed by atoms with Crippen LogP contribution in [0.25, 0.3) is 0 Å². The molecule has 2 rings (SSSR count). The minimum absolute atomic E-state index is 0.000381. The Morgan fingerprint density at radius 3 is 2.57 bits per heavy atom. The minimum Gasteiger partial charge on any atom is -0.497 e. The molecule has 0 atom stereocenters. The highest BCUT2D eigenvalue weighted by Gasteiger charge is 2.05. The van der Waals surface area contributed by atoms with Crippen molar-refractivity contribution in [3.05, 3.63) is 58.6 Å². The Morgan fingerprint density at radius 2 is 1.90 bits per heavy atom. The molecule has 21 heavy (non-hydrogen) atoms. The maximum atomic E-state index is 11.9. The number of thioether (sulfide) groups is 1. The molecule has 0 bridgehead atoms. The number of methoxy groups -OCH3 is 1.